The molecule has 0 saturated carbocycles. The quantitative estimate of drug-likeness (QED) is 0.516. The number of anilines is 1. The van der Waals surface area contributed by atoms with E-state index in [1.165, 1.54) is 22.3 Å². The highest BCUT2D eigenvalue weighted by Crippen LogP contribution is 2.30. The van der Waals surface area contributed by atoms with Gasteiger partial charge >= 0.3 is 0 Å². The number of amides is 1. The van der Waals surface area contributed by atoms with Crippen molar-refractivity contribution < 1.29 is 9.53 Å². The van der Waals surface area contributed by atoms with Crippen molar-refractivity contribution in [2.24, 2.45) is 0 Å². The molecule has 32 heavy (non-hydrogen) atoms. The first kappa shape index (κ1) is 22.9. The van der Waals surface area contributed by atoms with E-state index < -0.39 is 0 Å². The third-order valence-corrected chi connectivity index (χ3v) is 7.23. The van der Waals surface area contributed by atoms with Gasteiger partial charge in [0.15, 0.2) is 5.13 Å². The molecule has 1 amide bonds. The van der Waals surface area contributed by atoms with Crippen molar-refractivity contribution in [2.45, 2.75) is 40.5 Å². The number of fused-ring (bicyclic) bond motifs is 1. The normalized spacial score (nSPS) is 14.8. The molecule has 3 aromatic rings. The SMILES string of the molecule is Cc1cc(C)c(CC(=O)N(CCCN2CCOCC2)c2nc3ccc(C)cc3s2)c(C)c1. The summed E-state index contributed by atoms with van der Waals surface area (Å²) in [7, 11) is 0. The Morgan fingerprint density at radius 3 is 2.50 bits per heavy atom. The largest absolute Gasteiger partial charge is 0.379 e. The van der Waals surface area contributed by atoms with Crippen molar-refractivity contribution in [1.82, 2.24) is 9.88 Å². The highest BCUT2D eigenvalue weighted by atomic mass is 32.1. The molecule has 0 radical (unpaired) electrons. The molecule has 4 rings (SSSR count). The Morgan fingerprint density at radius 1 is 1.06 bits per heavy atom. The smallest absolute Gasteiger partial charge is 0.233 e. The fraction of sp³-hybridized carbons (Fsp3) is 0.462. The number of carbonyl (C=O) groups excluding carboxylic acids is 1. The standard InChI is InChI=1S/C26H33N3O2S/c1-18-6-7-23-24(16-18)32-26(27-23)29(9-5-8-28-10-12-31-13-11-28)25(30)17-22-20(3)14-19(2)15-21(22)4/h6-7,14-16H,5,8-13,17H2,1-4H3. The van der Waals surface area contributed by atoms with E-state index in [1.54, 1.807) is 11.3 Å². The Morgan fingerprint density at radius 2 is 1.78 bits per heavy atom. The number of aromatic nitrogens is 1. The summed E-state index contributed by atoms with van der Waals surface area (Å²) in [6.07, 6.45) is 1.33. The van der Waals surface area contributed by atoms with Crippen molar-refractivity contribution in [3.63, 3.8) is 0 Å². The summed E-state index contributed by atoms with van der Waals surface area (Å²) in [5.41, 5.74) is 6.91. The van der Waals surface area contributed by atoms with Gasteiger partial charge in [0.25, 0.3) is 0 Å². The lowest BCUT2D eigenvalue weighted by atomic mass is 9.97. The molecule has 0 N–H and O–H groups in total. The summed E-state index contributed by atoms with van der Waals surface area (Å²) in [5.74, 6) is 0.123. The predicted molar refractivity (Wildman–Crippen MR) is 133 cm³/mol. The van der Waals surface area contributed by atoms with Gasteiger partial charge in [0.05, 0.1) is 29.9 Å². The van der Waals surface area contributed by atoms with E-state index in [1.807, 2.05) is 4.90 Å². The fourth-order valence-corrected chi connectivity index (χ4v) is 5.58. The first-order valence-corrected chi connectivity index (χ1v) is 12.3. The van der Waals surface area contributed by atoms with Gasteiger partial charge in [0.1, 0.15) is 0 Å². The van der Waals surface area contributed by atoms with Crippen LogP contribution in [0.15, 0.2) is 30.3 Å². The molecule has 0 unspecified atom stereocenters. The number of hydrogen-bond acceptors (Lipinski definition) is 5. The molecule has 2 aromatic carbocycles. The maximum Gasteiger partial charge on any atom is 0.233 e. The van der Waals surface area contributed by atoms with Crippen LogP contribution >= 0.6 is 11.3 Å². The minimum atomic E-state index is 0.123. The third kappa shape index (κ3) is 5.37. The zero-order chi connectivity index (χ0) is 22.7. The number of nitrogens with zero attached hydrogens (tertiary/aromatic N) is 3. The van der Waals surface area contributed by atoms with E-state index in [4.69, 9.17) is 9.72 Å². The monoisotopic (exact) mass is 451 g/mol. The van der Waals surface area contributed by atoms with Crippen LogP contribution in [-0.2, 0) is 16.0 Å². The summed E-state index contributed by atoms with van der Waals surface area (Å²) < 4.78 is 6.59. The zero-order valence-electron chi connectivity index (χ0n) is 19.6. The Bertz CT molecular complexity index is 1080. The Labute approximate surface area is 195 Å². The average Bonchev–Trinajstić information content (AvgIpc) is 3.17. The minimum Gasteiger partial charge on any atom is -0.379 e. The zero-order valence-corrected chi connectivity index (χ0v) is 20.4. The van der Waals surface area contributed by atoms with Gasteiger partial charge in [-0.15, -0.1) is 0 Å². The minimum absolute atomic E-state index is 0.123. The molecule has 1 saturated heterocycles. The van der Waals surface area contributed by atoms with Crippen LogP contribution in [0.5, 0.6) is 0 Å². The molecule has 0 atom stereocenters. The van der Waals surface area contributed by atoms with Crippen molar-refractivity contribution in [1.29, 1.82) is 0 Å². The van der Waals surface area contributed by atoms with Crippen LogP contribution in [0, 0.1) is 27.7 Å². The van der Waals surface area contributed by atoms with E-state index in [0.29, 0.717) is 13.0 Å². The van der Waals surface area contributed by atoms with Crippen LogP contribution < -0.4 is 4.90 Å². The van der Waals surface area contributed by atoms with Crippen LogP contribution in [0.3, 0.4) is 0 Å². The lowest BCUT2D eigenvalue weighted by Crippen LogP contribution is -2.39. The maximum atomic E-state index is 13.6. The lowest BCUT2D eigenvalue weighted by molar-refractivity contribution is -0.118. The predicted octanol–water partition coefficient (Wildman–Crippen LogP) is 4.83. The molecule has 5 nitrogen and oxygen atoms in total. The third-order valence-electron chi connectivity index (χ3n) is 6.19. The second kappa shape index (κ2) is 10.1. The van der Waals surface area contributed by atoms with Crippen molar-refractivity contribution in [2.75, 3.05) is 44.3 Å². The first-order chi connectivity index (χ1) is 15.4. The number of ether oxygens (including phenoxy) is 1. The molecule has 1 fully saturated rings. The second-order valence-electron chi connectivity index (χ2n) is 8.87. The molecule has 1 aliphatic rings. The number of benzene rings is 2. The molecule has 6 heteroatoms. The molecule has 0 spiro atoms. The lowest BCUT2D eigenvalue weighted by Gasteiger charge is -2.28. The van der Waals surface area contributed by atoms with Crippen molar-refractivity contribution in [3.05, 3.63) is 58.1 Å². The number of hydrogen-bond donors (Lipinski definition) is 0. The number of aryl methyl sites for hydroxylation is 4. The summed E-state index contributed by atoms with van der Waals surface area (Å²) in [6.45, 7) is 13.6. The van der Waals surface area contributed by atoms with Crippen LogP contribution in [-0.4, -0.2) is 55.2 Å². The fourth-order valence-electron chi connectivity index (χ4n) is 4.47. The second-order valence-corrected chi connectivity index (χ2v) is 9.88. The van der Waals surface area contributed by atoms with Gasteiger partial charge in [-0.3, -0.25) is 14.6 Å². The first-order valence-electron chi connectivity index (χ1n) is 11.4. The van der Waals surface area contributed by atoms with Crippen LogP contribution in [0.4, 0.5) is 5.13 Å². The van der Waals surface area contributed by atoms with Gasteiger partial charge in [0, 0.05) is 26.2 Å². The molecule has 1 aliphatic heterocycles. The highest BCUT2D eigenvalue weighted by Gasteiger charge is 2.22. The molecule has 170 valence electrons. The van der Waals surface area contributed by atoms with E-state index in [9.17, 15) is 4.79 Å². The molecule has 0 bridgehead atoms. The van der Waals surface area contributed by atoms with E-state index >= 15 is 0 Å². The van der Waals surface area contributed by atoms with E-state index in [-0.39, 0.29) is 5.91 Å². The van der Waals surface area contributed by atoms with Crippen LogP contribution in [0.2, 0.25) is 0 Å². The molecule has 2 heterocycles. The maximum absolute atomic E-state index is 13.6. The van der Waals surface area contributed by atoms with Gasteiger partial charge in [-0.1, -0.05) is 35.1 Å². The van der Waals surface area contributed by atoms with Gasteiger partial charge < -0.3 is 4.74 Å². The number of morpholine rings is 1. The summed E-state index contributed by atoms with van der Waals surface area (Å²) in [6, 6.07) is 10.6. The van der Waals surface area contributed by atoms with Crippen LogP contribution in [0.1, 0.15) is 34.2 Å². The Balaban J connectivity index is 1.56. The molecular formula is C26H33N3O2S. The van der Waals surface area contributed by atoms with Gasteiger partial charge in [-0.2, -0.15) is 0 Å². The van der Waals surface area contributed by atoms with E-state index in [2.05, 4.69) is 62.9 Å². The summed E-state index contributed by atoms with van der Waals surface area (Å²) in [4.78, 5) is 22.8. The molecule has 1 aromatic heterocycles. The molecule has 0 aliphatic carbocycles. The highest BCUT2D eigenvalue weighted by molar-refractivity contribution is 7.22. The van der Waals surface area contributed by atoms with Gasteiger partial charge in [-0.05, 0) is 68.5 Å². The summed E-state index contributed by atoms with van der Waals surface area (Å²) >= 11 is 1.62. The average molecular weight is 452 g/mol. The topological polar surface area (TPSA) is 45.7 Å². The van der Waals surface area contributed by atoms with Gasteiger partial charge in [-0.25, -0.2) is 4.98 Å². The van der Waals surface area contributed by atoms with Crippen molar-refractivity contribution >= 4 is 32.6 Å². The van der Waals surface area contributed by atoms with E-state index in [0.717, 1.165) is 60.2 Å². The number of rotatable bonds is 7. The Kier molecular flexibility index (Phi) is 7.23. The molecular weight excluding hydrogens is 418 g/mol. The van der Waals surface area contributed by atoms with Gasteiger partial charge in [0.2, 0.25) is 5.91 Å². The van der Waals surface area contributed by atoms with Crippen molar-refractivity contribution in [3.8, 4) is 0 Å². The number of thiazole rings is 1. The Hall–Kier alpha value is -2.28. The summed E-state index contributed by atoms with van der Waals surface area (Å²) in [5, 5.41) is 0.806. The number of carbonyl (C=O) groups is 1. The van der Waals surface area contributed by atoms with Crippen LogP contribution in [0.25, 0.3) is 10.2 Å².